The van der Waals surface area contributed by atoms with Crippen molar-refractivity contribution in [2.24, 2.45) is 0 Å². The highest BCUT2D eigenvalue weighted by atomic mass is 16.1. The molecule has 1 rings (SSSR count). The lowest BCUT2D eigenvalue weighted by atomic mass is 10.1. The van der Waals surface area contributed by atoms with Gasteiger partial charge in [0.25, 0.3) is 0 Å². The predicted molar refractivity (Wildman–Crippen MR) is 83.7 cm³/mol. The Morgan fingerprint density at radius 2 is 2.10 bits per heavy atom. The molecule has 1 amide bonds. The highest BCUT2D eigenvalue weighted by Crippen LogP contribution is 2.21. The van der Waals surface area contributed by atoms with E-state index in [-0.39, 0.29) is 5.91 Å². The molecule has 114 valence electrons. The molecule has 0 bridgehead atoms. The molecule has 0 aromatic carbocycles. The Hall–Kier alpha value is -1.29. The van der Waals surface area contributed by atoms with Crippen LogP contribution in [0.3, 0.4) is 0 Å². The summed E-state index contributed by atoms with van der Waals surface area (Å²) in [5.74, 6) is 0.0504. The minimum absolute atomic E-state index is 0.0504. The number of unbranched alkanes of at least 4 members (excludes halogenated alkanes) is 1. The average Bonchev–Trinajstić information content (AvgIpc) is 2.82. The van der Waals surface area contributed by atoms with E-state index in [1.54, 1.807) is 6.92 Å². The first-order chi connectivity index (χ1) is 9.64. The highest BCUT2D eigenvalue weighted by molar-refractivity contribution is 5.72. The van der Waals surface area contributed by atoms with Crippen LogP contribution >= 0.6 is 0 Å². The van der Waals surface area contributed by atoms with E-state index in [4.69, 9.17) is 0 Å². The molecule has 0 aromatic rings. The molecule has 2 unspecified atom stereocenters. The second-order valence-electron chi connectivity index (χ2n) is 5.46. The Kier molecular flexibility index (Phi) is 7.37. The summed E-state index contributed by atoms with van der Waals surface area (Å²) in [6.07, 6.45) is 13.9. The van der Waals surface area contributed by atoms with Crippen LogP contribution in [-0.4, -0.2) is 36.2 Å². The van der Waals surface area contributed by atoms with E-state index in [9.17, 15) is 4.79 Å². The molecule has 20 heavy (non-hydrogen) atoms. The van der Waals surface area contributed by atoms with Crippen LogP contribution in [-0.2, 0) is 4.79 Å². The number of quaternary nitrogens is 1. The smallest absolute Gasteiger partial charge is 0.217 e. The highest BCUT2D eigenvalue weighted by Gasteiger charge is 2.35. The van der Waals surface area contributed by atoms with Gasteiger partial charge >= 0.3 is 0 Å². The van der Waals surface area contributed by atoms with Crippen molar-refractivity contribution in [3.8, 4) is 0 Å². The molecule has 4 nitrogen and oxygen atoms in total. The molecule has 4 heteroatoms. The molecule has 1 aliphatic heterocycles. The van der Waals surface area contributed by atoms with E-state index in [1.165, 1.54) is 12.8 Å². The number of nitrogens with one attached hydrogen (secondary N) is 2. The van der Waals surface area contributed by atoms with Crippen molar-refractivity contribution in [3.05, 3.63) is 24.6 Å². The summed E-state index contributed by atoms with van der Waals surface area (Å²) >= 11 is 0. The molecule has 1 aliphatic rings. The Morgan fingerprint density at radius 3 is 2.75 bits per heavy atom. The predicted octanol–water partition coefficient (Wildman–Crippen LogP) is 2.50. The number of nitrogens with zero attached hydrogens (tertiary/aromatic N) is 1. The van der Waals surface area contributed by atoms with E-state index in [1.807, 2.05) is 0 Å². The van der Waals surface area contributed by atoms with Gasteiger partial charge in [-0.25, -0.2) is 0 Å². The second kappa shape index (κ2) is 8.80. The van der Waals surface area contributed by atoms with Crippen LogP contribution in [0.25, 0.3) is 0 Å². The van der Waals surface area contributed by atoms with Gasteiger partial charge < -0.3 is 10.6 Å². The van der Waals surface area contributed by atoms with Crippen LogP contribution in [0.5, 0.6) is 0 Å². The van der Waals surface area contributed by atoms with Crippen LogP contribution in [0.15, 0.2) is 24.6 Å². The summed E-state index contributed by atoms with van der Waals surface area (Å²) < 4.78 is 0.919. The third-order valence-corrected chi connectivity index (χ3v) is 4.00. The van der Waals surface area contributed by atoms with Gasteiger partial charge in [-0.05, 0) is 19.8 Å². The average molecular weight is 280 g/mol. The normalized spacial score (nSPS) is 25.1. The van der Waals surface area contributed by atoms with Gasteiger partial charge in [0.1, 0.15) is 12.7 Å². The van der Waals surface area contributed by atoms with Crippen LogP contribution in [0, 0.1) is 0 Å². The first-order valence-corrected chi connectivity index (χ1v) is 7.84. The topological polar surface area (TPSA) is 41.1 Å². The Labute approximate surface area is 123 Å². The second-order valence-corrected chi connectivity index (χ2v) is 5.46. The molecule has 0 radical (unpaired) electrons. The molecule has 0 fully saturated rings. The third kappa shape index (κ3) is 5.00. The molecule has 0 saturated heterocycles. The van der Waals surface area contributed by atoms with Crippen molar-refractivity contribution in [3.63, 3.8) is 0 Å². The monoisotopic (exact) mass is 280 g/mol. The van der Waals surface area contributed by atoms with Gasteiger partial charge in [0.15, 0.2) is 6.17 Å². The Bertz CT molecular complexity index is 352. The van der Waals surface area contributed by atoms with Crippen molar-refractivity contribution in [2.75, 3.05) is 19.6 Å². The molecular formula is C16H30N3O+. The Morgan fingerprint density at radius 1 is 1.35 bits per heavy atom. The van der Waals surface area contributed by atoms with Crippen molar-refractivity contribution in [1.29, 1.82) is 0 Å². The minimum Gasteiger partial charge on any atom is -0.351 e. The van der Waals surface area contributed by atoms with Crippen molar-refractivity contribution < 1.29 is 9.28 Å². The number of rotatable bonds is 9. The molecule has 1 heterocycles. The van der Waals surface area contributed by atoms with Gasteiger partial charge in [0.05, 0.1) is 19.3 Å². The molecule has 0 saturated carbocycles. The van der Waals surface area contributed by atoms with Gasteiger partial charge in [0.2, 0.25) is 5.91 Å². The fourth-order valence-corrected chi connectivity index (χ4v) is 2.71. The lowest BCUT2D eigenvalue weighted by molar-refractivity contribution is -0.898. The largest absolute Gasteiger partial charge is 0.351 e. The van der Waals surface area contributed by atoms with E-state index in [0.29, 0.717) is 6.17 Å². The zero-order valence-electron chi connectivity index (χ0n) is 13.2. The number of likely N-dealkylation sites (N-methyl/N-ethyl adjacent to an activating group) is 1. The first-order valence-electron chi connectivity index (χ1n) is 7.84. The van der Waals surface area contributed by atoms with Crippen LogP contribution in [0.2, 0.25) is 0 Å². The van der Waals surface area contributed by atoms with Gasteiger partial charge in [-0.2, -0.15) is 0 Å². The maximum Gasteiger partial charge on any atom is 0.217 e. The van der Waals surface area contributed by atoms with Crippen LogP contribution in [0.1, 0.15) is 46.5 Å². The number of hydrogen-bond donors (Lipinski definition) is 2. The number of carbonyl (C=O) groups is 1. The molecule has 0 spiro atoms. The minimum atomic E-state index is 0.0504. The summed E-state index contributed by atoms with van der Waals surface area (Å²) in [6.45, 7) is 8.72. The zero-order valence-corrected chi connectivity index (χ0v) is 13.2. The first kappa shape index (κ1) is 16.8. The van der Waals surface area contributed by atoms with Crippen molar-refractivity contribution in [1.82, 2.24) is 10.6 Å². The van der Waals surface area contributed by atoms with Gasteiger partial charge in [-0.3, -0.25) is 9.28 Å². The molecular weight excluding hydrogens is 250 g/mol. The number of hydrogen-bond acceptors (Lipinski definition) is 2. The van der Waals surface area contributed by atoms with E-state index in [2.05, 4.69) is 49.0 Å². The number of allylic oxidation sites excluding steroid dienone is 2. The molecule has 0 aliphatic carbocycles. The van der Waals surface area contributed by atoms with E-state index >= 15 is 0 Å². The Balaban J connectivity index is 2.45. The lowest BCUT2D eigenvalue weighted by Crippen LogP contribution is -2.55. The number of carbonyl (C=O) groups excluding carboxylic acids is 1. The van der Waals surface area contributed by atoms with E-state index in [0.717, 1.165) is 37.0 Å². The molecule has 0 aromatic heterocycles. The SMILES string of the molecule is CCC/C=C/CCC1NC=C[N+]1(CC)CCNC(C)=O. The third-order valence-electron chi connectivity index (χ3n) is 4.00. The molecule has 2 atom stereocenters. The van der Waals surface area contributed by atoms with Gasteiger partial charge in [-0.15, -0.1) is 0 Å². The summed E-state index contributed by atoms with van der Waals surface area (Å²) in [6, 6.07) is 0. The maximum atomic E-state index is 11.0. The van der Waals surface area contributed by atoms with E-state index < -0.39 is 0 Å². The van der Waals surface area contributed by atoms with Gasteiger partial charge in [0, 0.05) is 13.3 Å². The maximum absolute atomic E-state index is 11.0. The quantitative estimate of drug-likeness (QED) is 0.503. The van der Waals surface area contributed by atoms with Gasteiger partial charge in [-0.1, -0.05) is 25.5 Å². The summed E-state index contributed by atoms with van der Waals surface area (Å²) in [5, 5.41) is 6.38. The standard InChI is InChI=1S/C16H29N3O/c1-4-6-7-8-9-10-16-18-12-14-19(16,5-2)13-11-17-15(3)20/h7-8,12,14,16,18H,4-6,9-11,13H2,1-3H3/p+1/b8-7+. The van der Waals surface area contributed by atoms with Crippen LogP contribution in [0.4, 0.5) is 0 Å². The summed E-state index contributed by atoms with van der Waals surface area (Å²) in [4.78, 5) is 11.0. The summed E-state index contributed by atoms with van der Waals surface area (Å²) in [5.41, 5.74) is 0. The zero-order chi connectivity index (χ0) is 14.8. The van der Waals surface area contributed by atoms with Crippen molar-refractivity contribution in [2.45, 2.75) is 52.6 Å². The fraction of sp³-hybridized carbons (Fsp3) is 0.688. The van der Waals surface area contributed by atoms with Crippen molar-refractivity contribution >= 4 is 5.91 Å². The molecule has 2 N–H and O–H groups in total. The fourth-order valence-electron chi connectivity index (χ4n) is 2.71. The van der Waals surface area contributed by atoms with Crippen LogP contribution < -0.4 is 10.6 Å². The number of amides is 1. The summed E-state index contributed by atoms with van der Waals surface area (Å²) in [7, 11) is 0. The lowest BCUT2D eigenvalue weighted by Gasteiger charge is -2.37.